The fourth-order valence-electron chi connectivity index (χ4n) is 3.65. The Kier molecular flexibility index (Phi) is 5.81. The second kappa shape index (κ2) is 8.70. The Morgan fingerprint density at radius 1 is 1.28 bits per heavy atom. The zero-order valence-electron chi connectivity index (χ0n) is 19.0. The van der Waals surface area contributed by atoms with Gasteiger partial charge in [0.15, 0.2) is 0 Å². The number of nitrogens with zero attached hydrogens (tertiary/aromatic N) is 5. The lowest BCUT2D eigenvalue weighted by Gasteiger charge is -2.12. The lowest BCUT2D eigenvalue weighted by molar-refractivity contribution is 0.159. The SMILES string of the molecule is C=C(/C(C)=N\OCC)c1cc2[nH]c3nc(C)nc(Nc4ccnn4CC)c3c2cc1OC. The second-order valence-electron chi connectivity index (χ2n) is 7.30. The van der Waals surface area contributed by atoms with Gasteiger partial charge in [-0.2, -0.15) is 5.10 Å². The Balaban J connectivity index is 1.89. The summed E-state index contributed by atoms with van der Waals surface area (Å²) >= 11 is 0. The summed E-state index contributed by atoms with van der Waals surface area (Å²) in [4.78, 5) is 17.9. The number of hydrogen-bond acceptors (Lipinski definition) is 7. The number of ether oxygens (including phenoxy) is 1. The number of fused-ring (bicyclic) bond motifs is 3. The molecule has 166 valence electrons. The molecule has 1 aromatic carbocycles. The lowest BCUT2D eigenvalue weighted by atomic mass is 10.0. The molecule has 0 radical (unpaired) electrons. The number of aryl methyl sites for hydroxylation is 2. The molecule has 9 heteroatoms. The van der Waals surface area contributed by atoms with Crippen LogP contribution < -0.4 is 10.1 Å². The van der Waals surface area contributed by atoms with Crippen LogP contribution in [-0.2, 0) is 11.4 Å². The first-order valence-electron chi connectivity index (χ1n) is 10.5. The second-order valence-corrected chi connectivity index (χ2v) is 7.30. The van der Waals surface area contributed by atoms with Crippen molar-refractivity contribution >= 4 is 44.9 Å². The molecule has 0 aliphatic carbocycles. The molecule has 0 aliphatic rings. The van der Waals surface area contributed by atoms with E-state index in [2.05, 4.69) is 37.1 Å². The third-order valence-electron chi connectivity index (χ3n) is 5.24. The number of nitrogens with one attached hydrogen (secondary N) is 2. The van der Waals surface area contributed by atoms with Crippen LogP contribution in [0.5, 0.6) is 5.75 Å². The third-order valence-corrected chi connectivity index (χ3v) is 5.24. The molecule has 0 saturated carbocycles. The molecule has 3 heterocycles. The van der Waals surface area contributed by atoms with E-state index in [0.717, 1.165) is 45.4 Å². The molecule has 0 aliphatic heterocycles. The van der Waals surface area contributed by atoms with Gasteiger partial charge in [-0.25, -0.2) is 14.6 Å². The van der Waals surface area contributed by atoms with Crippen LogP contribution in [0, 0.1) is 6.92 Å². The van der Waals surface area contributed by atoms with E-state index in [1.54, 1.807) is 13.3 Å². The number of aromatic amines is 1. The molecule has 0 saturated heterocycles. The van der Waals surface area contributed by atoms with Crippen LogP contribution in [0.25, 0.3) is 27.5 Å². The van der Waals surface area contributed by atoms with Gasteiger partial charge in [0.25, 0.3) is 0 Å². The molecule has 4 aromatic rings. The highest BCUT2D eigenvalue weighted by Crippen LogP contribution is 2.37. The van der Waals surface area contributed by atoms with E-state index in [9.17, 15) is 0 Å². The Hall–Kier alpha value is -3.88. The fraction of sp³-hybridized carbons (Fsp3) is 0.304. The molecular formula is C23H27N7O2. The van der Waals surface area contributed by atoms with E-state index in [4.69, 9.17) is 9.57 Å². The topological polar surface area (TPSA) is 102 Å². The van der Waals surface area contributed by atoms with Crippen molar-refractivity contribution < 1.29 is 9.57 Å². The number of methoxy groups -OCH3 is 1. The average molecular weight is 434 g/mol. The van der Waals surface area contributed by atoms with Gasteiger partial charge < -0.3 is 19.9 Å². The van der Waals surface area contributed by atoms with E-state index in [1.165, 1.54) is 0 Å². The predicted molar refractivity (Wildman–Crippen MR) is 128 cm³/mol. The summed E-state index contributed by atoms with van der Waals surface area (Å²) in [6, 6.07) is 5.90. The van der Waals surface area contributed by atoms with Gasteiger partial charge in [0.2, 0.25) is 0 Å². The van der Waals surface area contributed by atoms with Crippen LogP contribution in [0.4, 0.5) is 11.6 Å². The molecule has 0 bridgehead atoms. The quantitative estimate of drug-likeness (QED) is 0.305. The average Bonchev–Trinajstić information content (AvgIpc) is 3.38. The number of rotatable bonds is 8. The van der Waals surface area contributed by atoms with E-state index >= 15 is 0 Å². The molecule has 4 rings (SSSR count). The highest BCUT2D eigenvalue weighted by molar-refractivity contribution is 6.23. The molecule has 0 amide bonds. The van der Waals surface area contributed by atoms with Gasteiger partial charge >= 0.3 is 0 Å². The largest absolute Gasteiger partial charge is 0.496 e. The van der Waals surface area contributed by atoms with Crippen LogP contribution in [0.3, 0.4) is 0 Å². The number of allylic oxidation sites excluding steroid dienone is 1. The van der Waals surface area contributed by atoms with Gasteiger partial charge in [0.1, 0.15) is 35.5 Å². The van der Waals surface area contributed by atoms with Gasteiger partial charge in [-0.1, -0.05) is 11.7 Å². The molecule has 9 nitrogen and oxygen atoms in total. The minimum atomic E-state index is 0.494. The maximum atomic E-state index is 5.71. The minimum absolute atomic E-state index is 0.494. The number of hydrogen-bond donors (Lipinski definition) is 2. The number of H-pyrrole nitrogens is 1. The first-order chi connectivity index (χ1) is 15.5. The summed E-state index contributed by atoms with van der Waals surface area (Å²) in [5, 5.41) is 13.7. The summed E-state index contributed by atoms with van der Waals surface area (Å²) < 4.78 is 7.58. The lowest BCUT2D eigenvalue weighted by Crippen LogP contribution is -2.05. The van der Waals surface area contributed by atoms with E-state index in [-0.39, 0.29) is 0 Å². The first-order valence-corrected chi connectivity index (χ1v) is 10.5. The standard InChI is InChI=1S/C23H27N7O2/c1-7-30-20(9-10-24-30)28-23-21-17-12-19(31-6)16(13(3)14(4)29-32-8-2)11-18(17)27-22(21)25-15(5)26-23/h9-12H,3,7-8H2,1-2,4-6H3,(H2,25,26,27,28)/b29-14-. The number of anilines is 2. The molecule has 0 spiro atoms. The Morgan fingerprint density at radius 2 is 2.09 bits per heavy atom. The highest BCUT2D eigenvalue weighted by atomic mass is 16.6. The van der Waals surface area contributed by atoms with Crippen LogP contribution >= 0.6 is 0 Å². The van der Waals surface area contributed by atoms with Crippen molar-refractivity contribution in [3.8, 4) is 5.75 Å². The summed E-state index contributed by atoms with van der Waals surface area (Å²) in [6.45, 7) is 13.1. The van der Waals surface area contributed by atoms with Crippen molar-refractivity contribution in [3.05, 3.63) is 42.4 Å². The Bertz CT molecular complexity index is 1330. The molecule has 2 N–H and O–H groups in total. The van der Waals surface area contributed by atoms with Crippen LogP contribution in [-0.4, -0.2) is 44.2 Å². The molecule has 3 aromatic heterocycles. The van der Waals surface area contributed by atoms with E-state index in [1.807, 2.05) is 50.6 Å². The molecule has 0 unspecified atom stereocenters. The Labute approximate surface area is 186 Å². The molecule has 32 heavy (non-hydrogen) atoms. The predicted octanol–water partition coefficient (Wildman–Crippen LogP) is 4.81. The monoisotopic (exact) mass is 433 g/mol. The van der Waals surface area contributed by atoms with Gasteiger partial charge in [0, 0.05) is 34.7 Å². The van der Waals surface area contributed by atoms with E-state index < -0.39 is 0 Å². The minimum Gasteiger partial charge on any atom is -0.496 e. The maximum absolute atomic E-state index is 5.71. The number of oxime groups is 1. The van der Waals surface area contributed by atoms with Crippen molar-refractivity contribution in [3.63, 3.8) is 0 Å². The van der Waals surface area contributed by atoms with Crippen LogP contribution in [0.15, 0.2) is 36.1 Å². The normalized spacial score (nSPS) is 11.8. The summed E-state index contributed by atoms with van der Waals surface area (Å²) in [5.74, 6) is 2.91. The maximum Gasteiger partial charge on any atom is 0.145 e. The van der Waals surface area contributed by atoms with Crippen molar-refractivity contribution in [2.45, 2.75) is 34.2 Å². The first kappa shape index (κ1) is 21.4. The van der Waals surface area contributed by atoms with Gasteiger partial charge in [-0.3, -0.25) is 0 Å². The van der Waals surface area contributed by atoms with Crippen molar-refractivity contribution in [2.75, 3.05) is 19.0 Å². The van der Waals surface area contributed by atoms with Crippen LogP contribution in [0.2, 0.25) is 0 Å². The van der Waals surface area contributed by atoms with Gasteiger partial charge in [-0.15, -0.1) is 0 Å². The zero-order chi connectivity index (χ0) is 22.8. The number of benzene rings is 1. The Morgan fingerprint density at radius 3 is 2.81 bits per heavy atom. The summed E-state index contributed by atoms with van der Waals surface area (Å²) in [5.41, 5.74) is 3.88. The van der Waals surface area contributed by atoms with Gasteiger partial charge in [0.05, 0.1) is 24.4 Å². The van der Waals surface area contributed by atoms with Gasteiger partial charge in [-0.05, 0) is 39.8 Å². The summed E-state index contributed by atoms with van der Waals surface area (Å²) in [7, 11) is 1.64. The smallest absolute Gasteiger partial charge is 0.145 e. The number of aromatic nitrogens is 5. The fourth-order valence-corrected chi connectivity index (χ4v) is 3.65. The van der Waals surface area contributed by atoms with Crippen molar-refractivity contribution in [1.82, 2.24) is 24.7 Å². The van der Waals surface area contributed by atoms with Crippen molar-refractivity contribution in [1.29, 1.82) is 0 Å². The molecule has 0 fully saturated rings. The van der Waals surface area contributed by atoms with E-state index in [0.29, 0.717) is 29.7 Å². The molecule has 0 atom stereocenters. The van der Waals surface area contributed by atoms with Crippen LogP contribution in [0.1, 0.15) is 32.2 Å². The summed E-state index contributed by atoms with van der Waals surface area (Å²) in [6.07, 6.45) is 1.76. The van der Waals surface area contributed by atoms with Crippen molar-refractivity contribution in [2.24, 2.45) is 5.16 Å². The zero-order valence-corrected chi connectivity index (χ0v) is 19.0. The highest BCUT2D eigenvalue weighted by Gasteiger charge is 2.18. The third kappa shape index (κ3) is 3.77. The molecular weight excluding hydrogens is 406 g/mol.